The third kappa shape index (κ3) is 6.93. The molecule has 2 aromatic carbocycles. The molecule has 29 heavy (non-hydrogen) atoms. The minimum absolute atomic E-state index is 0.0617. The number of hydrogen-bond acceptors (Lipinski definition) is 5. The van der Waals surface area contributed by atoms with Crippen molar-refractivity contribution in [2.75, 3.05) is 20.8 Å². The highest BCUT2D eigenvalue weighted by Gasteiger charge is 2.22. The van der Waals surface area contributed by atoms with Crippen molar-refractivity contribution in [3.05, 3.63) is 56.5 Å². The maximum Gasteiger partial charge on any atom is 0.328 e. The Bertz CT molecular complexity index is 853. The first-order valence-corrected chi connectivity index (χ1v) is 10.3. The SMILES string of the molecule is COC(=O)[C@@H](Cc1cc(Br)c(O)c(Br)c1)NC(=O)NCCc1cccc(OC)c1. The molecule has 0 aliphatic heterocycles. The number of ether oxygens (including phenoxy) is 2. The second-order valence-corrected chi connectivity index (χ2v) is 7.90. The van der Waals surface area contributed by atoms with Crippen LogP contribution in [0.5, 0.6) is 11.5 Å². The summed E-state index contributed by atoms with van der Waals surface area (Å²) in [4.78, 5) is 24.4. The summed E-state index contributed by atoms with van der Waals surface area (Å²) in [7, 11) is 2.86. The molecule has 3 N–H and O–H groups in total. The van der Waals surface area contributed by atoms with Crippen molar-refractivity contribution < 1.29 is 24.2 Å². The van der Waals surface area contributed by atoms with Gasteiger partial charge in [0.25, 0.3) is 0 Å². The van der Waals surface area contributed by atoms with Crippen molar-refractivity contribution in [2.45, 2.75) is 18.9 Å². The lowest BCUT2D eigenvalue weighted by Crippen LogP contribution is -2.48. The number of hydrogen-bond donors (Lipinski definition) is 3. The van der Waals surface area contributed by atoms with Crippen LogP contribution in [0.4, 0.5) is 4.79 Å². The van der Waals surface area contributed by atoms with Gasteiger partial charge in [-0.1, -0.05) is 12.1 Å². The number of phenolic OH excluding ortho intramolecular Hbond substituents is 1. The van der Waals surface area contributed by atoms with Crippen LogP contribution in [0.3, 0.4) is 0 Å². The van der Waals surface area contributed by atoms with E-state index in [0.717, 1.165) is 16.9 Å². The number of benzene rings is 2. The number of nitrogens with one attached hydrogen (secondary N) is 2. The van der Waals surface area contributed by atoms with Crippen molar-refractivity contribution in [1.29, 1.82) is 0 Å². The smallest absolute Gasteiger partial charge is 0.328 e. The molecule has 1 atom stereocenters. The zero-order valence-corrected chi connectivity index (χ0v) is 19.2. The number of carbonyl (C=O) groups excluding carboxylic acids is 2. The summed E-state index contributed by atoms with van der Waals surface area (Å²) in [5.74, 6) is 0.254. The molecule has 7 nitrogen and oxygen atoms in total. The van der Waals surface area contributed by atoms with E-state index in [-0.39, 0.29) is 12.2 Å². The normalized spacial score (nSPS) is 11.4. The average molecular weight is 530 g/mol. The Hall–Kier alpha value is -2.26. The number of rotatable bonds is 8. The van der Waals surface area contributed by atoms with Gasteiger partial charge < -0.3 is 25.2 Å². The standard InChI is InChI=1S/C20H22Br2N2O5/c1-28-14-5-3-4-12(8-14)6-7-23-20(27)24-17(19(26)29-2)11-13-9-15(21)18(25)16(22)10-13/h3-5,8-10,17,25H,6-7,11H2,1-2H3,(H2,23,24,27)/t17-/m1/s1. The first kappa shape index (κ1) is 23.0. The van der Waals surface area contributed by atoms with E-state index in [4.69, 9.17) is 9.47 Å². The molecule has 0 aromatic heterocycles. The fourth-order valence-corrected chi connectivity index (χ4v) is 3.95. The van der Waals surface area contributed by atoms with Gasteiger partial charge in [-0.05, 0) is 73.7 Å². The summed E-state index contributed by atoms with van der Waals surface area (Å²) in [6.45, 7) is 0.392. The summed E-state index contributed by atoms with van der Waals surface area (Å²) < 4.78 is 10.9. The number of esters is 1. The van der Waals surface area contributed by atoms with Crippen LogP contribution in [0.25, 0.3) is 0 Å². The summed E-state index contributed by atoms with van der Waals surface area (Å²) in [6.07, 6.45) is 0.818. The Morgan fingerprint density at radius 3 is 2.41 bits per heavy atom. The molecule has 0 unspecified atom stereocenters. The molecular weight excluding hydrogens is 508 g/mol. The monoisotopic (exact) mass is 528 g/mol. The Balaban J connectivity index is 1.95. The van der Waals surface area contributed by atoms with Gasteiger partial charge in [0.15, 0.2) is 0 Å². The van der Waals surface area contributed by atoms with Crippen LogP contribution in [0.15, 0.2) is 45.3 Å². The van der Waals surface area contributed by atoms with Crippen LogP contribution >= 0.6 is 31.9 Å². The summed E-state index contributed by atoms with van der Waals surface area (Å²) in [5.41, 5.74) is 1.75. The van der Waals surface area contributed by atoms with E-state index in [0.29, 0.717) is 21.9 Å². The zero-order chi connectivity index (χ0) is 21.4. The van der Waals surface area contributed by atoms with Gasteiger partial charge in [-0.2, -0.15) is 0 Å². The molecule has 0 spiro atoms. The fraction of sp³-hybridized carbons (Fsp3) is 0.300. The molecule has 2 amide bonds. The number of halogens is 2. The lowest BCUT2D eigenvalue weighted by molar-refractivity contribution is -0.142. The van der Waals surface area contributed by atoms with Crippen molar-refractivity contribution in [2.24, 2.45) is 0 Å². The predicted octanol–water partition coefficient (Wildman–Crippen LogP) is 3.55. The number of phenols is 1. The van der Waals surface area contributed by atoms with Crippen molar-refractivity contribution in [3.63, 3.8) is 0 Å². The number of aromatic hydroxyl groups is 1. The van der Waals surface area contributed by atoms with E-state index in [1.165, 1.54) is 7.11 Å². The van der Waals surface area contributed by atoms with Crippen LogP contribution in [0, 0.1) is 0 Å². The maximum atomic E-state index is 12.3. The Morgan fingerprint density at radius 1 is 1.10 bits per heavy atom. The second kappa shape index (κ2) is 11.1. The topological polar surface area (TPSA) is 96.9 Å². The Morgan fingerprint density at radius 2 is 1.79 bits per heavy atom. The molecule has 9 heteroatoms. The minimum atomic E-state index is -0.875. The molecule has 0 heterocycles. The quantitative estimate of drug-likeness (QED) is 0.454. The van der Waals surface area contributed by atoms with Gasteiger partial charge in [0.1, 0.15) is 17.5 Å². The van der Waals surface area contributed by atoms with E-state index >= 15 is 0 Å². The van der Waals surface area contributed by atoms with Crippen LogP contribution in [-0.4, -0.2) is 43.9 Å². The van der Waals surface area contributed by atoms with Gasteiger partial charge in [-0.25, -0.2) is 9.59 Å². The molecule has 0 saturated heterocycles. The summed E-state index contributed by atoms with van der Waals surface area (Å²) in [6, 6.07) is 9.59. The lowest BCUT2D eigenvalue weighted by Gasteiger charge is -2.18. The predicted molar refractivity (Wildman–Crippen MR) is 116 cm³/mol. The molecule has 0 aliphatic rings. The van der Waals surface area contributed by atoms with Gasteiger partial charge in [-0.15, -0.1) is 0 Å². The van der Waals surface area contributed by atoms with Gasteiger partial charge >= 0.3 is 12.0 Å². The van der Waals surface area contributed by atoms with Gasteiger partial charge in [0.05, 0.1) is 23.2 Å². The zero-order valence-electron chi connectivity index (χ0n) is 16.0. The van der Waals surface area contributed by atoms with Crippen molar-refractivity contribution >= 4 is 43.9 Å². The number of amides is 2. The third-order valence-corrected chi connectivity index (χ3v) is 5.35. The molecule has 2 aromatic rings. The second-order valence-electron chi connectivity index (χ2n) is 6.19. The molecule has 0 fully saturated rings. The number of methoxy groups -OCH3 is 2. The highest BCUT2D eigenvalue weighted by Crippen LogP contribution is 2.33. The largest absolute Gasteiger partial charge is 0.506 e. The van der Waals surface area contributed by atoms with Crippen LogP contribution in [0.1, 0.15) is 11.1 Å². The maximum absolute atomic E-state index is 12.3. The van der Waals surface area contributed by atoms with Gasteiger partial charge in [-0.3, -0.25) is 0 Å². The molecular formula is C20H22Br2N2O5. The van der Waals surface area contributed by atoms with E-state index in [2.05, 4.69) is 42.5 Å². The molecule has 0 radical (unpaired) electrons. The molecule has 0 saturated carbocycles. The summed E-state index contributed by atoms with van der Waals surface area (Å²) >= 11 is 6.51. The molecule has 0 bridgehead atoms. The van der Waals surface area contributed by atoms with E-state index in [1.54, 1.807) is 19.2 Å². The van der Waals surface area contributed by atoms with E-state index < -0.39 is 18.0 Å². The Kier molecular flexibility index (Phi) is 8.78. The van der Waals surface area contributed by atoms with E-state index in [1.807, 2.05) is 24.3 Å². The first-order valence-electron chi connectivity index (χ1n) is 8.76. The summed E-state index contributed by atoms with van der Waals surface area (Å²) in [5, 5.41) is 15.2. The molecule has 156 valence electrons. The third-order valence-electron chi connectivity index (χ3n) is 4.14. The number of carbonyl (C=O) groups is 2. The van der Waals surface area contributed by atoms with Crippen LogP contribution < -0.4 is 15.4 Å². The highest BCUT2D eigenvalue weighted by atomic mass is 79.9. The van der Waals surface area contributed by atoms with Gasteiger partial charge in [0, 0.05) is 13.0 Å². The lowest BCUT2D eigenvalue weighted by atomic mass is 10.1. The highest BCUT2D eigenvalue weighted by molar-refractivity contribution is 9.11. The molecule has 0 aliphatic carbocycles. The van der Waals surface area contributed by atoms with Gasteiger partial charge in [0.2, 0.25) is 0 Å². The minimum Gasteiger partial charge on any atom is -0.506 e. The Labute approximate surface area is 186 Å². The molecule has 2 rings (SSSR count). The van der Waals surface area contributed by atoms with Crippen LogP contribution in [0.2, 0.25) is 0 Å². The fourth-order valence-electron chi connectivity index (χ4n) is 2.66. The van der Waals surface area contributed by atoms with Crippen molar-refractivity contribution in [3.8, 4) is 11.5 Å². The first-order chi connectivity index (χ1) is 13.8. The number of urea groups is 1. The van der Waals surface area contributed by atoms with E-state index in [9.17, 15) is 14.7 Å². The average Bonchev–Trinajstić information content (AvgIpc) is 2.71. The van der Waals surface area contributed by atoms with Crippen molar-refractivity contribution in [1.82, 2.24) is 10.6 Å². The van der Waals surface area contributed by atoms with Crippen LogP contribution in [-0.2, 0) is 22.4 Å².